The number of likely N-dealkylation sites (tertiary alicyclic amines) is 1. The molecule has 0 radical (unpaired) electrons. The first-order valence-electron chi connectivity index (χ1n) is 7.71. The second-order valence-electron chi connectivity index (χ2n) is 6.53. The quantitative estimate of drug-likeness (QED) is 0.904. The van der Waals surface area contributed by atoms with Crippen molar-refractivity contribution in [3.8, 4) is 5.75 Å². The van der Waals surface area contributed by atoms with Crippen molar-refractivity contribution in [2.24, 2.45) is 0 Å². The molecule has 0 aliphatic carbocycles. The Morgan fingerprint density at radius 3 is 2.78 bits per heavy atom. The zero-order valence-electron chi connectivity index (χ0n) is 13.3. The summed E-state index contributed by atoms with van der Waals surface area (Å²) in [4.78, 5) is 12.7. The Labute approximate surface area is 134 Å². The number of hydrogen-bond donors (Lipinski definition) is 1. The minimum atomic E-state index is -0.745. The smallest absolute Gasteiger partial charge is 0.143 e. The SMILES string of the molecule is COc1ccc2ncnc(N)c2c1N1CC2(CC(F)CN2C)C1. The van der Waals surface area contributed by atoms with Crippen molar-refractivity contribution in [3.05, 3.63) is 18.5 Å². The summed E-state index contributed by atoms with van der Waals surface area (Å²) in [5.41, 5.74) is 7.70. The summed E-state index contributed by atoms with van der Waals surface area (Å²) in [6.45, 7) is 2.02. The van der Waals surface area contributed by atoms with Crippen LogP contribution in [0.5, 0.6) is 5.75 Å². The summed E-state index contributed by atoms with van der Waals surface area (Å²) in [6.07, 6.45) is 1.30. The van der Waals surface area contributed by atoms with Crippen LogP contribution in [0.3, 0.4) is 0 Å². The number of likely N-dealkylation sites (N-methyl/N-ethyl adjacent to an activating group) is 1. The van der Waals surface area contributed by atoms with E-state index in [4.69, 9.17) is 10.5 Å². The number of nitrogens with two attached hydrogens (primary N) is 1. The average molecular weight is 317 g/mol. The summed E-state index contributed by atoms with van der Waals surface area (Å²) in [6, 6.07) is 3.77. The van der Waals surface area contributed by atoms with Gasteiger partial charge in [-0.3, -0.25) is 4.90 Å². The second kappa shape index (κ2) is 4.92. The number of aromatic nitrogens is 2. The van der Waals surface area contributed by atoms with Crippen molar-refractivity contribution in [3.63, 3.8) is 0 Å². The number of anilines is 2. The Bertz CT molecular complexity index is 761. The molecule has 1 atom stereocenters. The third-order valence-corrected chi connectivity index (χ3v) is 5.16. The fourth-order valence-electron chi connectivity index (χ4n) is 3.93. The predicted octanol–water partition coefficient (Wildman–Crippen LogP) is 1.45. The summed E-state index contributed by atoms with van der Waals surface area (Å²) < 4.78 is 19.3. The number of nitrogens with zero attached hydrogens (tertiary/aromatic N) is 4. The van der Waals surface area contributed by atoms with Crippen LogP contribution in [0, 0.1) is 0 Å². The van der Waals surface area contributed by atoms with E-state index in [9.17, 15) is 4.39 Å². The number of methoxy groups -OCH3 is 1. The average Bonchev–Trinajstić information content (AvgIpc) is 2.79. The van der Waals surface area contributed by atoms with Crippen molar-refractivity contribution in [1.29, 1.82) is 0 Å². The molecule has 2 N–H and O–H groups in total. The first kappa shape index (κ1) is 14.4. The topological polar surface area (TPSA) is 67.5 Å². The summed E-state index contributed by atoms with van der Waals surface area (Å²) in [5.74, 6) is 1.18. The van der Waals surface area contributed by atoms with E-state index in [2.05, 4.69) is 19.8 Å². The van der Waals surface area contributed by atoms with Gasteiger partial charge >= 0.3 is 0 Å². The van der Waals surface area contributed by atoms with Crippen molar-refractivity contribution in [2.75, 3.05) is 44.4 Å². The van der Waals surface area contributed by atoms with Gasteiger partial charge in [-0.15, -0.1) is 0 Å². The molecule has 2 aliphatic heterocycles. The lowest BCUT2D eigenvalue weighted by atomic mass is 9.86. The number of hydrogen-bond acceptors (Lipinski definition) is 6. The van der Waals surface area contributed by atoms with Gasteiger partial charge in [0.2, 0.25) is 0 Å². The van der Waals surface area contributed by atoms with Crippen molar-refractivity contribution < 1.29 is 9.13 Å². The first-order valence-corrected chi connectivity index (χ1v) is 7.71. The van der Waals surface area contributed by atoms with E-state index in [1.807, 2.05) is 19.2 Å². The molecule has 0 saturated carbocycles. The summed E-state index contributed by atoms with van der Waals surface area (Å²) in [7, 11) is 3.63. The highest BCUT2D eigenvalue weighted by molar-refractivity contribution is 6.02. The van der Waals surface area contributed by atoms with Crippen LogP contribution in [-0.4, -0.2) is 60.4 Å². The first-order chi connectivity index (χ1) is 11.0. The Kier molecular flexibility index (Phi) is 3.09. The van der Waals surface area contributed by atoms with Gasteiger partial charge in [0.1, 0.15) is 24.1 Å². The Hall–Kier alpha value is -2.15. The maximum absolute atomic E-state index is 13.8. The van der Waals surface area contributed by atoms with Gasteiger partial charge in [-0.1, -0.05) is 0 Å². The molecule has 1 aromatic carbocycles. The van der Waals surface area contributed by atoms with Gasteiger partial charge < -0.3 is 15.4 Å². The second-order valence-corrected chi connectivity index (χ2v) is 6.53. The fraction of sp³-hybridized carbons (Fsp3) is 0.500. The highest BCUT2D eigenvalue weighted by atomic mass is 19.1. The number of halogens is 1. The molecule has 1 spiro atoms. The number of rotatable bonds is 2. The van der Waals surface area contributed by atoms with E-state index < -0.39 is 6.17 Å². The Morgan fingerprint density at radius 1 is 1.35 bits per heavy atom. The Balaban J connectivity index is 1.75. The monoisotopic (exact) mass is 317 g/mol. The molecule has 2 aromatic rings. The zero-order valence-corrected chi connectivity index (χ0v) is 13.3. The van der Waals surface area contributed by atoms with Gasteiger partial charge in [-0.05, 0) is 19.2 Å². The number of benzene rings is 1. The normalized spacial score (nSPS) is 23.4. The molecule has 2 fully saturated rings. The molecule has 1 unspecified atom stereocenters. The van der Waals surface area contributed by atoms with Crippen LogP contribution in [0.4, 0.5) is 15.9 Å². The van der Waals surface area contributed by atoms with Gasteiger partial charge in [0.25, 0.3) is 0 Å². The lowest BCUT2D eigenvalue weighted by Crippen LogP contribution is -2.67. The third-order valence-electron chi connectivity index (χ3n) is 5.16. The Morgan fingerprint density at radius 2 is 2.13 bits per heavy atom. The van der Waals surface area contributed by atoms with E-state index >= 15 is 0 Å². The van der Waals surface area contributed by atoms with Crippen LogP contribution in [0.15, 0.2) is 18.5 Å². The molecule has 1 aromatic heterocycles. The number of alkyl halides is 1. The number of fused-ring (bicyclic) bond motifs is 1. The maximum atomic E-state index is 13.8. The summed E-state index contributed by atoms with van der Waals surface area (Å²) in [5, 5.41) is 0.805. The maximum Gasteiger partial charge on any atom is 0.143 e. The molecular weight excluding hydrogens is 297 g/mol. The van der Waals surface area contributed by atoms with Crippen molar-refractivity contribution >= 4 is 22.4 Å². The molecule has 0 bridgehead atoms. The van der Waals surface area contributed by atoms with Crippen LogP contribution < -0.4 is 15.4 Å². The fourth-order valence-corrected chi connectivity index (χ4v) is 3.93. The molecule has 23 heavy (non-hydrogen) atoms. The van der Waals surface area contributed by atoms with E-state index in [-0.39, 0.29) is 5.54 Å². The van der Waals surface area contributed by atoms with Crippen molar-refractivity contribution in [2.45, 2.75) is 18.1 Å². The van der Waals surface area contributed by atoms with E-state index in [0.29, 0.717) is 18.8 Å². The molecule has 122 valence electrons. The van der Waals surface area contributed by atoms with Gasteiger partial charge in [-0.2, -0.15) is 0 Å². The van der Waals surface area contributed by atoms with Crippen LogP contribution in [0.1, 0.15) is 6.42 Å². The molecule has 7 heteroatoms. The van der Waals surface area contributed by atoms with Gasteiger partial charge in [-0.25, -0.2) is 14.4 Å². The standard InChI is InChI=1S/C16H20FN5O/c1-21-6-10(17)5-16(21)7-22(8-16)14-12(23-2)4-3-11-13(14)15(18)20-9-19-11/h3-4,9-10H,5-8H2,1-2H3,(H2,18,19,20). The molecule has 2 aliphatic rings. The molecule has 6 nitrogen and oxygen atoms in total. The zero-order chi connectivity index (χ0) is 16.2. The summed E-state index contributed by atoms with van der Waals surface area (Å²) >= 11 is 0. The van der Waals surface area contributed by atoms with E-state index in [0.717, 1.165) is 35.4 Å². The van der Waals surface area contributed by atoms with Gasteiger partial charge in [0.05, 0.1) is 29.2 Å². The molecule has 2 saturated heterocycles. The van der Waals surface area contributed by atoms with Crippen LogP contribution >= 0.6 is 0 Å². The molecule has 4 rings (SSSR count). The number of ether oxygens (including phenoxy) is 1. The van der Waals surface area contributed by atoms with Crippen LogP contribution in [0.2, 0.25) is 0 Å². The van der Waals surface area contributed by atoms with E-state index in [1.54, 1.807) is 7.11 Å². The molecule has 3 heterocycles. The predicted molar refractivity (Wildman–Crippen MR) is 87.6 cm³/mol. The lowest BCUT2D eigenvalue weighted by Gasteiger charge is -2.53. The minimum Gasteiger partial charge on any atom is -0.495 e. The number of nitrogen functional groups attached to an aromatic ring is 1. The van der Waals surface area contributed by atoms with Gasteiger partial charge in [0, 0.05) is 26.1 Å². The molecule has 0 amide bonds. The van der Waals surface area contributed by atoms with Gasteiger partial charge in [0.15, 0.2) is 0 Å². The minimum absolute atomic E-state index is 0.0863. The third kappa shape index (κ3) is 2.03. The van der Waals surface area contributed by atoms with Crippen LogP contribution in [-0.2, 0) is 0 Å². The van der Waals surface area contributed by atoms with Crippen molar-refractivity contribution in [1.82, 2.24) is 14.9 Å². The van der Waals surface area contributed by atoms with Crippen LogP contribution in [0.25, 0.3) is 10.9 Å². The highest BCUT2D eigenvalue weighted by Gasteiger charge is 2.52. The molecular formula is C16H20FN5O. The largest absolute Gasteiger partial charge is 0.495 e. The lowest BCUT2D eigenvalue weighted by molar-refractivity contribution is 0.133. The highest BCUT2D eigenvalue weighted by Crippen LogP contribution is 2.46. The van der Waals surface area contributed by atoms with E-state index in [1.165, 1.54) is 6.33 Å².